The van der Waals surface area contributed by atoms with Gasteiger partial charge in [0.2, 0.25) is 0 Å². The van der Waals surface area contributed by atoms with Crippen LogP contribution in [-0.4, -0.2) is 64.1 Å². The molecule has 19 heavy (non-hydrogen) atoms. The van der Waals surface area contributed by atoms with Gasteiger partial charge in [0.25, 0.3) is 0 Å². The summed E-state index contributed by atoms with van der Waals surface area (Å²) in [7, 11) is 6.20. The Balaban J connectivity index is 2.51. The van der Waals surface area contributed by atoms with Crippen molar-refractivity contribution in [2.24, 2.45) is 0 Å². The minimum Gasteiger partial charge on any atom is -0.444 e. The lowest BCUT2D eigenvalue weighted by Gasteiger charge is -2.43. The molecule has 1 aliphatic heterocycles. The van der Waals surface area contributed by atoms with E-state index >= 15 is 0 Å². The summed E-state index contributed by atoms with van der Waals surface area (Å²) < 4.78 is 11.5. The molecule has 0 aromatic carbocycles. The van der Waals surface area contributed by atoms with Crippen LogP contribution in [0.5, 0.6) is 0 Å². The molecule has 0 atom stereocenters. The van der Waals surface area contributed by atoms with Crippen molar-refractivity contribution in [3.8, 4) is 0 Å². The van der Waals surface area contributed by atoms with Crippen LogP contribution < -0.4 is 0 Å². The standard InChI is InChI=1S/C12H26B3NO3/c1-10(2,3)18-9(17)16-7-5-11(4,6-8-16)19-12(13,14)15/h5-8,13-15H2,1-4H3. The fourth-order valence-corrected chi connectivity index (χ4v) is 2.33. The molecule has 0 saturated carbocycles. The SMILES string of the molecule is BC(B)(B)OC1(C)CCN(C(=O)OC(C)(C)C)CC1. The molecule has 0 radical (unpaired) electrons. The maximum Gasteiger partial charge on any atom is 0.410 e. The predicted octanol–water partition coefficient (Wildman–Crippen LogP) is -0.697. The van der Waals surface area contributed by atoms with Crippen molar-refractivity contribution < 1.29 is 14.3 Å². The van der Waals surface area contributed by atoms with E-state index in [0.717, 1.165) is 12.8 Å². The number of rotatable bonds is 2. The summed E-state index contributed by atoms with van der Waals surface area (Å²) >= 11 is 0. The van der Waals surface area contributed by atoms with Crippen LogP contribution in [0.1, 0.15) is 40.5 Å². The van der Waals surface area contributed by atoms with Gasteiger partial charge in [-0.1, -0.05) is 0 Å². The zero-order valence-electron chi connectivity index (χ0n) is 13.5. The summed E-state index contributed by atoms with van der Waals surface area (Å²) in [6.07, 6.45) is 1.48. The molecule has 4 nitrogen and oxygen atoms in total. The zero-order valence-corrected chi connectivity index (χ0v) is 13.5. The average molecular weight is 265 g/mol. The lowest BCUT2D eigenvalue weighted by Crippen LogP contribution is -2.52. The first-order valence-electron chi connectivity index (χ1n) is 7.08. The number of hydrogen-bond donors (Lipinski definition) is 0. The molecule has 1 heterocycles. The second kappa shape index (κ2) is 5.43. The van der Waals surface area contributed by atoms with E-state index in [2.05, 4.69) is 30.5 Å². The first-order chi connectivity index (χ1) is 8.40. The Labute approximate surface area is 119 Å². The molecule has 0 aromatic rings. The predicted molar refractivity (Wildman–Crippen MR) is 84.9 cm³/mol. The van der Waals surface area contributed by atoms with Gasteiger partial charge in [-0.05, 0) is 45.8 Å². The van der Waals surface area contributed by atoms with E-state index in [0.29, 0.717) is 13.1 Å². The van der Waals surface area contributed by atoms with Crippen molar-refractivity contribution >= 4 is 29.6 Å². The van der Waals surface area contributed by atoms with Crippen molar-refractivity contribution in [1.29, 1.82) is 0 Å². The maximum atomic E-state index is 12.0. The van der Waals surface area contributed by atoms with E-state index in [1.165, 1.54) is 0 Å². The van der Waals surface area contributed by atoms with Crippen molar-refractivity contribution in [1.82, 2.24) is 4.90 Å². The van der Waals surface area contributed by atoms with Crippen molar-refractivity contribution in [2.45, 2.75) is 57.0 Å². The monoisotopic (exact) mass is 265 g/mol. The smallest absolute Gasteiger partial charge is 0.410 e. The molecular formula is C12H26B3NO3. The Morgan fingerprint density at radius 2 is 1.63 bits per heavy atom. The molecule has 0 N–H and O–H groups in total. The molecule has 1 saturated heterocycles. The Morgan fingerprint density at radius 1 is 1.16 bits per heavy atom. The van der Waals surface area contributed by atoms with Crippen LogP contribution in [0.3, 0.4) is 0 Å². The van der Waals surface area contributed by atoms with Gasteiger partial charge in [-0.15, -0.1) is 0 Å². The first kappa shape index (κ1) is 16.5. The molecule has 0 aromatic heterocycles. The third-order valence-electron chi connectivity index (χ3n) is 3.03. The highest BCUT2D eigenvalue weighted by Crippen LogP contribution is 2.28. The van der Waals surface area contributed by atoms with Crippen LogP contribution in [0.4, 0.5) is 4.79 Å². The molecule has 0 bridgehead atoms. The van der Waals surface area contributed by atoms with Crippen LogP contribution in [0.25, 0.3) is 0 Å². The lowest BCUT2D eigenvalue weighted by molar-refractivity contribution is -0.0777. The highest BCUT2D eigenvalue weighted by molar-refractivity contribution is 6.58. The molecule has 106 valence electrons. The van der Waals surface area contributed by atoms with Crippen LogP contribution in [-0.2, 0) is 9.47 Å². The van der Waals surface area contributed by atoms with Crippen molar-refractivity contribution in [3.63, 3.8) is 0 Å². The minimum atomic E-state index is -0.431. The van der Waals surface area contributed by atoms with E-state index < -0.39 is 5.60 Å². The van der Waals surface area contributed by atoms with Gasteiger partial charge in [-0.2, -0.15) is 0 Å². The van der Waals surface area contributed by atoms with Crippen molar-refractivity contribution in [3.05, 3.63) is 0 Å². The molecule has 1 fully saturated rings. The van der Waals surface area contributed by atoms with Gasteiger partial charge in [0.05, 0.1) is 5.60 Å². The number of ether oxygens (including phenoxy) is 2. The summed E-state index contributed by atoms with van der Waals surface area (Å²) in [6.45, 7) is 9.19. The normalized spacial score (nSPS) is 20.1. The highest BCUT2D eigenvalue weighted by Gasteiger charge is 2.36. The van der Waals surface area contributed by atoms with Crippen LogP contribution >= 0.6 is 0 Å². The summed E-state index contributed by atoms with van der Waals surface area (Å²) in [5.74, 6) is 0. The van der Waals surface area contributed by atoms with Crippen molar-refractivity contribution in [2.75, 3.05) is 13.1 Å². The number of carbonyl (C=O) groups is 1. The number of carbonyl (C=O) groups excluding carboxylic acids is 1. The van der Waals surface area contributed by atoms with Gasteiger partial charge in [-0.3, -0.25) is 0 Å². The lowest BCUT2D eigenvalue weighted by atomic mass is 9.52. The van der Waals surface area contributed by atoms with E-state index in [4.69, 9.17) is 9.47 Å². The highest BCUT2D eigenvalue weighted by atomic mass is 16.6. The molecule has 1 amide bonds. The Kier molecular flexibility index (Phi) is 4.71. The van der Waals surface area contributed by atoms with E-state index in [1.54, 1.807) is 4.90 Å². The van der Waals surface area contributed by atoms with E-state index in [9.17, 15) is 4.79 Å². The molecule has 0 unspecified atom stereocenters. The zero-order chi connectivity index (χ0) is 14.9. The second-order valence-electron chi connectivity index (χ2n) is 7.63. The number of piperidine rings is 1. The Morgan fingerprint density at radius 3 is 2.00 bits per heavy atom. The number of hydrogen-bond acceptors (Lipinski definition) is 3. The summed E-state index contributed by atoms with van der Waals surface area (Å²) in [5.41, 5.74) is -0.573. The quantitative estimate of drug-likeness (QED) is 0.620. The Bertz CT molecular complexity index is 328. The number of likely N-dealkylation sites (tertiary alicyclic amines) is 1. The molecule has 1 rings (SSSR count). The summed E-state index contributed by atoms with van der Waals surface area (Å²) in [6, 6.07) is 0. The van der Waals surface area contributed by atoms with E-state index in [1.807, 2.05) is 20.8 Å². The fraction of sp³-hybridized carbons (Fsp3) is 0.917. The maximum absolute atomic E-state index is 12.0. The largest absolute Gasteiger partial charge is 0.444 e. The van der Waals surface area contributed by atoms with Gasteiger partial charge in [0.15, 0.2) is 0 Å². The van der Waals surface area contributed by atoms with Crippen LogP contribution in [0.15, 0.2) is 0 Å². The third kappa shape index (κ3) is 5.94. The van der Waals surface area contributed by atoms with E-state index in [-0.39, 0.29) is 17.0 Å². The molecule has 1 aliphatic rings. The fourth-order valence-electron chi connectivity index (χ4n) is 2.33. The number of nitrogens with zero attached hydrogens (tertiary/aromatic N) is 1. The molecular weight excluding hydrogens is 239 g/mol. The topological polar surface area (TPSA) is 38.8 Å². The number of amides is 1. The van der Waals surface area contributed by atoms with Gasteiger partial charge in [0.1, 0.15) is 29.1 Å². The van der Waals surface area contributed by atoms with Gasteiger partial charge in [-0.25, -0.2) is 4.79 Å². The van der Waals surface area contributed by atoms with Gasteiger partial charge < -0.3 is 14.4 Å². The van der Waals surface area contributed by atoms with Gasteiger partial charge in [0, 0.05) is 13.1 Å². The summed E-state index contributed by atoms with van der Waals surface area (Å²) in [4.78, 5) is 13.7. The molecule has 7 heteroatoms. The van der Waals surface area contributed by atoms with Gasteiger partial charge >= 0.3 is 6.09 Å². The Hall–Kier alpha value is -0.575. The molecule has 0 spiro atoms. The van der Waals surface area contributed by atoms with Crippen LogP contribution in [0, 0.1) is 0 Å². The summed E-state index contributed by atoms with van der Waals surface area (Å²) in [5, 5.41) is -0.150. The third-order valence-corrected chi connectivity index (χ3v) is 3.03. The molecule has 0 aliphatic carbocycles. The first-order valence-corrected chi connectivity index (χ1v) is 7.08. The minimum absolute atomic E-state index is 0.142. The second-order valence-corrected chi connectivity index (χ2v) is 7.63. The average Bonchev–Trinajstić information content (AvgIpc) is 2.11. The van der Waals surface area contributed by atoms with Crippen LogP contribution in [0.2, 0.25) is 0 Å².